The molecule has 13 heavy (non-hydrogen) atoms. The van der Waals surface area contributed by atoms with E-state index < -0.39 is 0 Å². The number of hydrogen-bond donors (Lipinski definition) is 0. The highest BCUT2D eigenvalue weighted by Gasteiger charge is 1.76. The number of rotatable bonds is 3. The van der Waals surface area contributed by atoms with Crippen LogP contribution in [0.5, 0.6) is 0 Å². The van der Waals surface area contributed by atoms with Crippen LogP contribution in [0.1, 0.15) is 5.56 Å². The van der Waals surface area contributed by atoms with Crippen molar-refractivity contribution in [3.63, 3.8) is 0 Å². The Morgan fingerprint density at radius 2 is 1.62 bits per heavy atom. The maximum absolute atomic E-state index is 4.36. The van der Waals surface area contributed by atoms with E-state index in [2.05, 4.69) is 29.5 Å². The summed E-state index contributed by atoms with van der Waals surface area (Å²) in [5.41, 5.74) is 1.11. The van der Waals surface area contributed by atoms with Crippen molar-refractivity contribution in [3.8, 4) is 0 Å². The molecule has 0 amide bonds. The molecule has 0 aliphatic heterocycles. The second-order valence-electron chi connectivity index (χ2n) is 1.95. The predicted octanol–water partition coefficient (Wildman–Crippen LogP) is 3.01. The van der Waals surface area contributed by atoms with Crippen LogP contribution in [-0.2, 0) is 4.74 Å². The minimum absolute atomic E-state index is 1.11. The van der Waals surface area contributed by atoms with Crippen LogP contribution in [0.4, 0.5) is 0 Å². The van der Waals surface area contributed by atoms with E-state index in [-0.39, 0.29) is 0 Å². The van der Waals surface area contributed by atoms with Gasteiger partial charge in [-0.25, -0.2) is 0 Å². The van der Waals surface area contributed by atoms with Gasteiger partial charge in [-0.05, 0) is 17.7 Å². The second kappa shape index (κ2) is 8.27. The molecule has 1 aromatic rings. The Morgan fingerprint density at radius 1 is 1.08 bits per heavy atom. The molecule has 1 rings (SSSR count). The third-order valence-corrected chi connectivity index (χ3v) is 1.13. The fraction of sp³-hybridized carbons (Fsp3) is 0. The highest BCUT2D eigenvalue weighted by molar-refractivity contribution is 5.44. The van der Waals surface area contributed by atoms with Crippen molar-refractivity contribution >= 4 is 6.08 Å². The van der Waals surface area contributed by atoms with Gasteiger partial charge < -0.3 is 4.74 Å². The molecule has 0 saturated heterocycles. The zero-order valence-corrected chi connectivity index (χ0v) is 7.52. The average Bonchev–Trinajstić information content (AvgIpc) is 2.21. The SMILES string of the molecule is C=COC=C.C=Cc1ccncc1. The third kappa shape index (κ3) is 6.56. The van der Waals surface area contributed by atoms with Gasteiger partial charge in [0.2, 0.25) is 0 Å². The molecule has 0 spiro atoms. The molecule has 68 valence electrons. The van der Waals surface area contributed by atoms with Gasteiger partial charge in [-0.3, -0.25) is 4.98 Å². The molecule has 0 aliphatic carbocycles. The summed E-state index contributed by atoms with van der Waals surface area (Å²) in [7, 11) is 0. The van der Waals surface area contributed by atoms with Crippen molar-refractivity contribution in [3.05, 3.63) is 62.4 Å². The van der Waals surface area contributed by atoms with E-state index in [1.807, 2.05) is 12.1 Å². The third-order valence-electron chi connectivity index (χ3n) is 1.13. The van der Waals surface area contributed by atoms with E-state index in [0.29, 0.717) is 0 Å². The van der Waals surface area contributed by atoms with E-state index in [4.69, 9.17) is 0 Å². The van der Waals surface area contributed by atoms with Gasteiger partial charge in [-0.2, -0.15) is 0 Å². The lowest BCUT2D eigenvalue weighted by molar-refractivity contribution is 0.406. The van der Waals surface area contributed by atoms with Crippen LogP contribution in [0.3, 0.4) is 0 Å². The normalized spacial score (nSPS) is 7.38. The van der Waals surface area contributed by atoms with E-state index >= 15 is 0 Å². The first-order chi connectivity index (χ1) is 6.35. The first-order valence-electron chi connectivity index (χ1n) is 3.75. The molecule has 1 aromatic heterocycles. The van der Waals surface area contributed by atoms with Gasteiger partial charge in [-0.1, -0.05) is 25.8 Å². The van der Waals surface area contributed by atoms with Crippen molar-refractivity contribution in [2.45, 2.75) is 0 Å². The van der Waals surface area contributed by atoms with E-state index in [9.17, 15) is 0 Å². The molecule has 0 fully saturated rings. The molecular formula is C11H13NO. The predicted molar refractivity (Wildman–Crippen MR) is 55.8 cm³/mol. The van der Waals surface area contributed by atoms with Crippen LogP contribution in [0, 0.1) is 0 Å². The summed E-state index contributed by atoms with van der Waals surface area (Å²) in [5.74, 6) is 0. The van der Waals surface area contributed by atoms with Gasteiger partial charge in [-0.15, -0.1) is 0 Å². The summed E-state index contributed by atoms with van der Waals surface area (Å²) in [6.07, 6.45) is 7.91. The number of nitrogens with zero attached hydrogens (tertiary/aromatic N) is 1. The van der Waals surface area contributed by atoms with Crippen molar-refractivity contribution < 1.29 is 4.74 Å². The lowest BCUT2D eigenvalue weighted by atomic mass is 10.3. The molecule has 0 radical (unpaired) electrons. The quantitative estimate of drug-likeness (QED) is 0.659. The topological polar surface area (TPSA) is 22.1 Å². The van der Waals surface area contributed by atoms with Crippen LogP contribution >= 0.6 is 0 Å². The molecule has 0 aromatic carbocycles. The lowest BCUT2D eigenvalue weighted by Crippen LogP contribution is -1.69. The van der Waals surface area contributed by atoms with Gasteiger partial charge in [0.15, 0.2) is 0 Å². The minimum Gasteiger partial charge on any atom is -0.474 e. The Labute approximate surface area is 78.9 Å². The number of pyridine rings is 1. The minimum atomic E-state index is 1.11. The Hall–Kier alpha value is -1.83. The molecule has 0 N–H and O–H groups in total. The highest BCUT2D eigenvalue weighted by atomic mass is 16.5. The molecule has 0 saturated carbocycles. The molecular weight excluding hydrogens is 162 g/mol. The number of aromatic nitrogens is 1. The largest absolute Gasteiger partial charge is 0.474 e. The summed E-state index contributed by atoms with van der Waals surface area (Å²) in [6.45, 7) is 10.1. The van der Waals surface area contributed by atoms with Gasteiger partial charge in [0, 0.05) is 12.4 Å². The Morgan fingerprint density at radius 3 is 1.85 bits per heavy atom. The first kappa shape index (κ1) is 11.2. The number of hydrogen-bond acceptors (Lipinski definition) is 2. The molecule has 0 unspecified atom stereocenters. The van der Waals surface area contributed by atoms with Crippen LogP contribution in [0.15, 0.2) is 56.8 Å². The molecule has 1 heterocycles. The van der Waals surface area contributed by atoms with Crippen LogP contribution in [0.2, 0.25) is 0 Å². The average molecular weight is 175 g/mol. The van der Waals surface area contributed by atoms with Crippen molar-refractivity contribution in [2.75, 3.05) is 0 Å². The smallest absolute Gasteiger partial charge is 0.0829 e. The van der Waals surface area contributed by atoms with Crippen molar-refractivity contribution in [2.24, 2.45) is 0 Å². The van der Waals surface area contributed by atoms with Gasteiger partial charge in [0.05, 0.1) is 12.5 Å². The maximum Gasteiger partial charge on any atom is 0.0829 e. The van der Waals surface area contributed by atoms with Gasteiger partial charge in [0.1, 0.15) is 0 Å². The summed E-state index contributed by atoms with van der Waals surface area (Å²) in [4.78, 5) is 3.85. The van der Waals surface area contributed by atoms with Gasteiger partial charge >= 0.3 is 0 Å². The second-order valence-corrected chi connectivity index (χ2v) is 1.95. The fourth-order valence-electron chi connectivity index (χ4n) is 0.568. The summed E-state index contributed by atoms with van der Waals surface area (Å²) in [5, 5.41) is 0. The summed E-state index contributed by atoms with van der Waals surface area (Å²) < 4.78 is 4.36. The zero-order chi connectivity index (χ0) is 9.94. The van der Waals surface area contributed by atoms with Crippen LogP contribution in [-0.4, -0.2) is 4.98 Å². The lowest BCUT2D eigenvalue weighted by Gasteiger charge is -1.84. The summed E-state index contributed by atoms with van der Waals surface area (Å²) in [6, 6.07) is 3.82. The molecule has 2 heteroatoms. The van der Waals surface area contributed by atoms with E-state index in [1.54, 1.807) is 18.5 Å². The Balaban J connectivity index is 0.000000252. The zero-order valence-electron chi connectivity index (χ0n) is 7.52. The number of ether oxygens (including phenoxy) is 1. The molecule has 0 aliphatic rings. The van der Waals surface area contributed by atoms with Gasteiger partial charge in [0.25, 0.3) is 0 Å². The van der Waals surface area contributed by atoms with Crippen molar-refractivity contribution in [1.29, 1.82) is 0 Å². The van der Waals surface area contributed by atoms with E-state index in [1.165, 1.54) is 12.5 Å². The molecule has 0 bridgehead atoms. The molecule has 2 nitrogen and oxygen atoms in total. The molecule has 0 atom stereocenters. The standard InChI is InChI=1S/C7H7N.C4H6O/c1-2-7-3-5-8-6-4-7;1-3-5-4-2/h2-6H,1H2;3-4H,1-2H2. The van der Waals surface area contributed by atoms with Crippen LogP contribution < -0.4 is 0 Å². The summed E-state index contributed by atoms with van der Waals surface area (Å²) >= 11 is 0. The monoisotopic (exact) mass is 175 g/mol. The fourth-order valence-corrected chi connectivity index (χ4v) is 0.568. The first-order valence-corrected chi connectivity index (χ1v) is 3.75. The Bertz CT molecular complexity index is 248. The van der Waals surface area contributed by atoms with E-state index in [0.717, 1.165) is 5.56 Å². The van der Waals surface area contributed by atoms with Crippen LogP contribution in [0.25, 0.3) is 6.08 Å². The Kier molecular flexibility index (Phi) is 7.10. The maximum atomic E-state index is 4.36. The highest BCUT2D eigenvalue weighted by Crippen LogP contribution is 1.94. The van der Waals surface area contributed by atoms with Crippen molar-refractivity contribution in [1.82, 2.24) is 4.98 Å².